The topological polar surface area (TPSA) is 89.7 Å². The zero-order chi connectivity index (χ0) is 20.1. The van der Waals surface area contributed by atoms with Crippen LogP contribution in [-0.4, -0.2) is 47.4 Å². The minimum Gasteiger partial charge on any atom is -0.487 e. The summed E-state index contributed by atoms with van der Waals surface area (Å²) in [6.07, 6.45) is -0.0122. The average Bonchev–Trinajstić information content (AvgIpc) is 3.19. The molecule has 8 heteroatoms. The number of carbonyl (C=O) groups excluding carboxylic acids is 1. The molecule has 2 aromatic carbocycles. The number of ether oxygens (including phenoxy) is 2. The molecule has 2 amide bonds. The number of methoxy groups -OCH3 is 1. The van der Waals surface area contributed by atoms with Crippen LogP contribution in [0.5, 0.6) is 5.75 Å². The first-order valence-corrected chi connectivity index (χ1v) is 9.36. The Bertz CT molecular complexity index is 937. The highest BCUT2D eigenvalue weighted by Crippen LogP contribution is 2.23. The Morgan fingerprint density at radius 1 is 1.17 bits per heavy atom. The largest absolute Gasteiger partial charge is 0.487 e. The van der Waals surface area contributed by atoms with E-state index in [0.29, 0.717) is 31.3 Å². The van der Waals surface area contributed by atoms with Crippen LogP contribution >= 0.6 is 0 Å². The van der Waals surface area contributed by atoms with Crippen LogP contribution in [0.4, 0.5) is 4.79 Å². The molecule has 150 valence electrons. The van der Waals surface area contributed by atoms with Gasteiger partial charge in [-0.15, -0.1) is 0 Å². The van der Waals surface area contributed by atoms with Gasteiger partial charge in [-0.1, -0.05) is 35.5 Å². The summed E-state index contributed by atoms with van der Waals surface area (Å²) in [4.78, 5) is 18.2. The summed E-state index contributed by atoms with van der Waals surface area (Å²) < 4.78 is 16.0. The SMILES string of the molecule is COCc1nc(-c2ccc(OC3CN(C(=O)NCc4ccccc4)C3)cc2)no1. The van der Waals surface area contributed by atoms with Crippen molar-refractivity contribution in [2.24, 2.45) is 0 Å². The molecular weight excluding hydrogens is 372 g/mol. The van der Waals surface area contributed by atoms with Gasteiger partial charge in [-0.3, -0.25) is 0 Å². The van der Waals surface area contributed by atoms with Gasteiger partial charge >= 0.3 is 6.03 Å². The summed E-state index contributed by atoms with van der Waals surface area (Å²) in [7, 11) is 1.57. The highest BCUT2D eigenvalue weighted by atomic mass is 16.5. The summed E-state index contributed by atoms with van der Waals surface area (Å²) >= 11 is 0. The van der Waals surface area contributed by atoms with E-state index < -0.39 is 0 Å². The minimum absolute atomic E-state index is 0.0122. The lowest BCUT2D eigenvalue weighted by Crippen LogP contribution is -2.58. The lowest BCUT2D eigenvalue weighted by Gasteiger charge is -2.38. The third kappa shape index (κ3) is 4.72. The first-order chi connectivity index (χ1) is 14.2. The van der Waals surface area contributed by atoms with Gasteiger partial charge < -0.3 is 24.2 Å². The van der Waals surface area contributed by atoms with Crippen molar-refractivity contribution in [3.8, 4) is 17.1 Å². The minimum atomic E-state index is -0.0759. The van der Waals surface area contributed by atoms with Crippen LogP contribution in [0.2, 0.25) is 0 Å². The van der Waals surface area contributed by atoms with E-state index in [9.17, 15) is 4.79 Å². The Hall–Kier alpha value is -3.39. The molecule has 0 atom stereocenters. The lowest BCUT2D eigenvalue weighted by atomic mass is 10.1. The fourth-order valence-corrected chi connectivity index (χ4v) is 2.99. The maximum atomic E-state index is 12.2. The molecule has 8 nitrogen and oxygen atoms in total. The molecule has 4 rings (SSSR count). The number of benzene rings is 2. The molecule has 1 aromatic heterocycles. The number of hydrogen-bond acceptors (Lipinski definition) is 6. The van der Waals surface area contributed by atoms with Gasteiger partial charge in [0, 0.05) is 19.2 Å². The molecule has 29 heavy (non-hydrogen) atoms. The van der Waals surface area contributed by atoms with Crippen molar-refractivity contribution >= 4 is 6.03 Å². The van der Waals surface area contributed by atoms with Crippen molar-refractivity contribution in [3.05, 3.63) is 66.1 Å². The van der Waals surface area contributed by atoms with Crippen LogP contribution in [0.15, 0.2) is 59.1 Å². The summed E-state index contributed by atoms with van der Waals surface area (Å²) in [5.74, 6) is 1.68. The Kier molecular flexibility index (Phi) is 5.71. The average molecular weight is 394 g/mol. The number of nitrogens with one attached hydrogen (secondary N) is 1. The number of carbonyl (C=O) groups is 1. The van der Waals surface area contributed by atoms with Crippen molar-refractivity contribution in [3.63, 3.8) is 0 Å². The molecule has 0 aliphatic carbocycles. The van der Waals surface area contributed by atoms with E-state index in [2.05, 4.69) is 15.5 Å². The predicted molar refractivity (Wildman–Crippen MR) is 105 cm³/mol. The van der Waals surface area contributed by atoms with Gasteiger partial charge in [-0.25, -0.2) is 4.79 Å². The maximum Gasteiger partial charge on any atom is 0.317 e. The number of aromatic nitrogens is 2. The molecule has 0 spiro atoms. The third-order valence-corrected chi connectivity index (χ3v) is 4.57. The highest BCUT2D eigenvalue weighted by Gasteiger charge is 2.32. The quantitative estimate of drug-likeness (QED) is 0.663. The molecule has 0 unspecified atom stereocenters. The van der Waals surface area contributed by atoms with E-state index in [1.54, 1.807) is 12.0 Å². The molecular formula is C21H22N4O4. The van der Waals surface area contributed by atoms with Crippen LogP contribution in [0.25, 0.3) is 11.4 Å². The van der Waals surface area contributed by atoms with Crippen molar-refractivity contribution in [2.45, 2.75) is 19.3 Å². The molecule has 1 aliphatic rings. The van der Waals surface area contributed by atoms with Gasteiger partial charge in [0.1, 0.15) is 18.5 Å². The molecule has 0 saturated carbocycles. The second kappa shape index (κ2) is 8.74. The Labute approximate surface area is 168 Å². The number of urea groups is 1. The van der Waals surface area contributed by atoms with E-state index in [1.807, 2.05) is 54.6 Å². The standard InChI is InChI=1S/C21H22N4O4/c1-27-14-19-23-20(24-29-19)16-7-9-17(10-8-16)28-18-12-25(13-18)21(26)22-11-15-5-3-2-4-6-15/h2-10,18H,11-14H2,1H3,(H,22,26). The maximum absolute atomic E-state index is 12.2. The Balaban J connectivity index is 1.23. The number of hydrogen-bond donors (Lipinski definition) is 1. The second-order valence-corrected chi connectivity index (χ2v) is 6.76. The van der Waals surface area contributed by atoms with E-state index in [1.165, 1.54) is 0 Å². The molecule has 3 aromatic rings. The van der Waals surface area contributed by atoms with Gasteiger partial charge in [0.05, 0.1) is 13.1 Å². The summed E-state index contributed by atoms with van der Waals surface area (Å²) in [5, 5.41) is 6.86. The molecule has 1 aliphatic heterocycles. The Morgan fingerprint density at radius 2 is 1.93 bits per heavy atom. The van der Waals surface area contributed by atoms with Crippen molar-refractivity contribution in [2.75, 3.05) is 20.2 Å². The van der Waals surface area contributed by atoms with Gasteiger partial charge in [0.2, 0.25) is 5.82 Å². The third-order valence-electron chi connectivity index (χ3n) is 4.57. The highest BCUT2D eigenvalue weighted by molar-refractivity contribution is 5.75. The van der Waals surface area contributed by atoms with Crippen LogP contribution in [0.1, 0.15) is 11.5 Å². The number of amides is 2. The van der Waals surface area contributed by atoms with E-state index >= 15 is 0 Å². The Morgan fingerprint density at radius 3 is 2.66 bits per heavy atom. The smallest absolute Gasteiger partial charge is 0.317 e. The van der Waals surface area contributed by atoms with Gasteiger partial charge in [-0.2, -0.15) is 4.98 Å². The zero-order valence-corrected chi connectivity index (χ0v) is 16.1. The number of rotatable bonds is 7. The van der Waals surface area contributed by atoms with E-state index in [4.69, 9.17) is 14.0 Å². The summed E-state index contributed by atoms with van der Waals surface area (Å²) in [5.41, 5.74) is 1.91. The van der Waals surface area contributed by atoms with Crippen LogP contribution < -0.4 is 10.1 Å². The molecule has 0 radical (unpaired) electrons. The first kappa shape index (κ1) is 18.9. The number of nitrogens with zero attached hydrogens (tertiary/aromatic N) is 3. The van der Waals surface area contributed by atoms with Crippen molar-refractivity contribution < 1.29 is 18.8 Å². The monoisotopic (exact) mass is 394 g/mol. The predicted octanol–water partition coefficient (Wildman–Crippen LogP) is 2.86. The summed E-state index contributed by atoms with van der Waals surface area (Å²) in [6.45, 7) is 1.93. The second-order valence-electron chi connectivity index (χ2n) is 6.76. The normalized spacial score (nSPS) is 13.8. The van der Waals surface area contributed by atoms with Crippen LogP contribution in [-0.2, 0) is 17.9 Å². The fraction of sp³-hybridized carbons (Fsp3) is 0.286. The first-order valence-electron chi connectivity index (χ1n) is 9.36. The molecule has 0 bridgehead atoms. The van der Waals surface area contributed by atoms with E-state index in [0.717, 1.165) is 16.9 Å². The molecule has 1 saturated heterocycles. The van der Waals surface area contributed by atoms with Crippen LogP contribution in [0, 0.1) is 0 Å². The van der Waals surface area contributed by atoms with Crippen LogP contribution in [0.3, 0.4) is 0 Å². The zero-order valence-electron chi connectivity index (χ0n) is 16.1. The van der Waals surface area contributed by atoms with Gasteiger partial charge in [0.15, 0.2) is 0 Å². The lowest BCUT2D eigenvalue weighted by molar-refractivity contribution is 0.0443. The molecule has 1 N–H and O–H groups in total. The molecule has 2 heterocycles. The van der Waals surface area contributed by atoms with Gasteiger partial charge in [-0.05, 0) is 29.8 Å². The van der Waals surface area contributed by atoms with E-state index in [-0.39, 0.29) is 18.7 Å². The molecule has 1 fully saturated rings. The van der Waals surface area contributed by atoms with Gasteiger partial charge in [0.25, 0.3) is 5.89 Å². The number of likely N-dealkylation sites (tertiary alicyclic amines) is 1. The van der Waals surface area contributed by atoms with Crippen molar-refractivity contribution in [1.29, 1.82) is 0 Å². The summed E-state index contributed by atoms with van der Waals surface area (Å²) in [6, 6.07) is 17.2. The fourth-order valence-electron chi connectivity index (χ4n) is 2.99. The van der Waals surface area contributed by atoms with Crippen molar-refractivity contribution in [1.82, 2.24) is 20.4 Å².